The fourth-order valence-corrected chi connectivity index (χ4v) is 2.88. The Morgan fingerprint density at radius 1 is 1.17 bits per heavy atom. The lowest BCUT2D eigenvalue weighted by Crippen LogP contribution is -2.41. The lowest BCUT2D eigenvalue weighted by atomic mass is 10.2. The quantitative estimate of drug-likeness (QED) is 0.401. The second-order valence-electron chi connectivity index (χ2n) is 7.34. The van der Waals surface area contributed by atoms with Gasteiger partial charge in [0.2, 0.25) is 5.91 Å². The maximum absolute atomic E-state index is 11.7. The topological polar surface area (TPSA) is 38.8 Å². The van der Waals surface area contributed by atoms with Gasteiger partial charge in [-0.25, -0.2) is 5.06 Å². The molecule has 0 saturated heterocycles. The van der Waals surface area contributed by atoms with Gasteiger partial charge in [-0.05, 0) is 30.1 Å². The van der Waals surface area contributed by atoms with Crippen molar-refractivity contribution in [2.45, 2.75) is 58.9 Å². The lowest BCUT2D eigenvalue weighted by molar-refractivity contribution is -0.189. The van der Waals surface area contributed by atoms with Crippen LogP contribution in [-0.2, 0) is 20.7 Å². The highest BCUT2D eigenvalue weighted by molar-refractivity contribution is 6.74. The van der Waals surface area contributed by atoms with E-state index in [1.165, 1.54) is 12.0 Å². The Morgan fingerprint density at radius 3 is 2.30 bits per heavy atom. The van der Waals surface area contributed by atoms with Crippen molar-refractivity contribution in [2.75, 3.05) is 13.2 Å². The van der Waals surface area contributed by atoms with E-state index in [0.29, 0.717) is 19.8 Å². The molecule has 0 aliphatic carbocycles. The number of carbonyl (C=O) groups is 1. The fourth-order valence-electron chi connectivity index (χ4n) is 1.79. The smallest absolute Gasteiger partial charge is 0.243 e. The highest BCUT2D eigenvalue weighted by Crippen LogP contribution is 2.36. The van der Waals surface area contributed by atoms with Gasteiger partial charge in [-0.2, -0.15) is 0 Å². The number of hydrogen-bond acceptors (Lipinski definition) is 3. The monoisotopic (exact) mass is 337 g/mol. The summed E-state index contributed by atoms with van der Waals surface area (Å²) in [7, 11) is -1.72. The third-order valence-corrected chi connectivity index (χ3v) is 8.89. The summed E-state index contributed by atoms with van der Waals surface area (Å²) in [5.74, 6) is -0.0757. The molecule has 0 saturated carbocycles. The van der Waals surface area contributed by atoms with Crippen LogP contribution in [0.5, 0.6) is 0 Å². The number of hydroxylamine groups is 2. The van der Waals surface area contributed by atoms with Crippen molar-refractivity contribution in [3.63, 3.8) is 0 Å². The van der Waals surface area contributed by atoms with Crippen LogP contribution in [-0.4, -0.2) is 32.4 Å². The zero-order valence-corrected chi connectivity index (χ0v) is 16.4. The van der Waals surface area contributed by atoms with E-state index in [2.05, 4.69) is 33.9 Å². The maximum Gasteiger partial charge on any atom is 0.243 e. The Bertz CT molecular complexity index is 483. The standard InChI is InChI=1S/C18H31NO3Si/c1-16(20)19(21-15-17-11-8-7-9-12-17)13-10-14-22-23(5,6)18(2,3)4/h7-9,11-12H,10,13-15H2,1-6H3. The van der Waals surface area contributed by atoms with Crippen LogP contribution in [0.2, 0.25) is 18.1 Å². The molecule has 1 aromatic carbocycles. The first kappa shape index (κ1) is 19.9. The van der Waals surface area contributed by atoms with Gasteiger partial charge in [0.15, 0.2) is 8.32 Å². The van der Waals surface area contributed by atoms with E-state index in [-0.39, 0.29) is 10.9 Å². The molecule has 130 valence electrons. The lowest BCUT2D eigenvalue weighted by Gasteiger charge is -2.36. The number of nitrogens with zero attached hydrogens (tertiary/aromatic N) is 1. The van der Waals surface area contributed by atoms with Crippen LogP contribution >= 0.6 is 0 Å². The molecule has 0 N–H and O–H groups in total. The number of hydrogen-bond donors (Lipinski definition) is 0. The zero-order chi connectivity index (χ0) is 17.5. The SMILES string of the molecule is CC(=O)N(CCCO[Si](C)(C)C(C)(C)C)OCc1ccccc1. The van der Waals surface area contributed by atoms with Gasteiger partial charge in [-0.3, -0.25) is 9.63 Å². The van der Waals surface area contributed by atoms with Crippen molar-refractivity contribution >= 4 is 14.2 Å². The molecule has 0 spiro atoms. The minimum atomic E-state index is -1.72. The molecule has 1 amide bonds. The fraction of sp³-hybridized carbons (Fsp3) is 0.611. The molecule has 0 heterocycles. The summed E-state index contributed by atoms with van der Waals surface area (Å²) in [5.41, 5.74) is 1.05. The number of rotatable bonds is 8. The minimum absolute atomic E-state index is 0.0757. The second kappa shape index (κ2) is 8.62. The summed E-state index contributed by atoms with van der Waals surface area (Å²) >= 11 is 0. The molecule has 0 unspecified atom stereocenters. The van der Waals surface area contributed by atoms with Crippen molar-refractivity contribution in [3.05, 3.63) is 35.9 Å². The predicted molar refractivity (Wildman–Crippen MR) is 96.4 cm³/mol. The Morgan fingerprint density at radius 2 is 1.78 bits per heavy atom. The summed E-state index contributed by atoms with van der Waals surface area (Å²) in [5, 5.41) is 1.64. The van der Waals surface area contributed by atoms with Gasteiger partial charge in [-0.1, -0.05) is 51.1 Å². The normalized spacial score (nSPS) is 12.3. The Hall–Kier alpha value is -1.17. The molecule has 1 rings (SSSR count). The van der Waals surface area contributed by atoms with E-state index in [1.807, 2.05) is 30.3 Å². The number of amides is 1. The van der Waals surface area contributed by atoms with Crippen molar-refractivity contribution in [2.24, 2.45) is 0 Å². The summed E-state index contributed by atoms with van der Waals surface area (Å²) in [6.07, 6.45) is 0.779. The van der Waals surface area contributed by atoms with Crippen molar-refractivity contribution in [3.8, 4) is 0 Å². The number of benzene rings is 1. The molecule has 1 aromatic rings. The summed E-state index contributed by atoms with van der Waals surface area (Å²) < 4.78 is 6.13. The van der Waals surface area contributed by atoms with Gasteiger partial charge in [0.25, 0.3) is 0 Å². The van der Waals surface area contributed by atoms with E-state index in [1.54, 1.807) is 0 Å². The first-order valence-electron chi connectivity index (χ1n) is 8.22. The van der Waals surface area contributed by atoms with Gasteiger partial charge in [-0.15, -0.1) is 0 Å². The number of carbonyl (C=O) groups excluding carboxylic acids is 1. The molecule has 0 bridgehead atoms. The first-order chi connectivity index (χ1) is 10.6. The van der Waals surface area contributed by atoms with Gasteiger partial charge in [0.05, 0.1) is 6.54 Å². The minimum Gasteiger partial charge on any atom is -0.417 e. The molecule has 23 heavy (non-hydrogen) atoms. The molecular formula is C18H31NO3Si. The van der Waals surface area contributed by atoms with Crippen LogP contribution in [0.1, 0.15) is 39.7 Å². The molecule has 0 atom stereocenters. The largest absolute Gasteiger partial charge is 0.417 e. The molecule has 0 aliphatic rings. The Labute approximate surface area is 141 Å². The molecule has 0 aromatic heterocycles. The van der Waals surface area contributed by atoms with Crippen molar-refractivity contribution in [1.29, 1.82) is 0 Å². The second-order valence-corrected chi connectivity index (χ2v) is 12.2. The van der Waals surface area contributed by atoms with Crippen LogP contribution < -0.4 is 0 Å². The van der Waals surface area contributed by atoms with Crippen LogP contribution in [0, 0.1) is 0 Å². The maximum atomic E-state index is 11.7. The molecule has 0 fully saturated rings. The third-order valence-electron chi connectivity index (χ3n) is 4.36. The van der Waals surface area contributed by atoms with E-state index < -0.39 is 8.32 Å². The van der Waals surface area contributed by atoms with E-state index in [9.17, 15) is 4.79 Å². The molecule has 4 nitrogen and oxygen atoms in total. The first-order valence-corrected chi connectivity index (χ1v) is 11.1. The Balaban J connectivity index is 2.38. The summed E-state index contributed by atoms with van der Waals surface area (Å²) in [6, 6.07) is 9.86. The zero-order valence-electron chi connectivity index (χ0n) is 15.4. The van der Waals surface area contributed by atoms with E-state index in [0.717, 1.165) is 12.0 Å². The van der Waals surface area contributed by atoms with Crippen molar-refractivity contribution < 1.29 is 14.1 Å². The summed E-state index contributed by atoms with van der Waals surface area (Å²) in [6.45, 7) is 14.3. The average molecular weight is 338 g/mol. The van der Waals surface area contributed by atoms with E-state index in [4.69, 9.17) is 9.26 Å². The van der Waals surface area contributed by atoms with Crippen LogP contribution in [0.3, 0.4) is 0 Å². The average Bonchev–Trinajstić information content (AvgIpc) is 2.45. The molecular weight excluding hydrogens is 306 g/mol. The van der Waals surface area contributed by atoms with Crippen LogP contribution in [0.25, 0.3) is 0 Å². The summed E-state index contributed by atoms with van der Waals surface area (Å²) in [4.78, 5) is 17.3. The highest BCUT2D eigenvalue weighted by atomic mass is 28.4. The molecule has 5 heteroatoms. The van der Waals surface area contributed by atoms with Gasteiger partial charge in [0.1, 0.15) is 6.61 Å². The highest BCUT2D eigenvalue weighted by Gasteiger charge is 2.36. The Kier molecular flexibility index (Phi) is 7.44. The van der Waals surface area contributed by atoms with Gasteiger partial charge < -0.3 is 4.43 Å². The van der Waals surface area contributed by atoms with Gasteiger partial charge in [0, 0.05) is 13.5 Å². The van der Waals surface area contributed by atoms with Crippen LogP contribution in [0.15, 0.2) is 30.3 Å². The van der Waals surface area contributed by atoms with Gasteiger partial charge >= 0.3 is 0 Å². The van der Waals surface area contributed by atoms with E-state index >= 15 is 0 Å². The third kappa shape index (κ3) is 6.85. The molecule has 0 aliphatic heterocycles. The van der Waals surface area contributed by atoms with Crippen LogP contribution in [0.4, 0.5) is 0 Å². The predicted octanol–water partition coefficient (Wildman–Crippen LogP) is 4.38. The van der Waals surface area contributed by atoms with Crippen molar-refractivity contribution in [1.82, 2.24) is 5.06 Å². The molecule has 0 radical (unpaired) electrons.